The molecule has 1 fully saturated rings. The number of hydrogen-bond acceptors (Lipinski definition) is 3. The molecule has 6 heteroatoms. The molecule has 2 amide bonds. The number of benzene rings is 2. The van der Waals surface area contributed by atoms with Crippen molar-refractivity contribution < 1.29 is 13.2 Å². The predicted octanol–water partition coefficient (Wildman–Crippen LogP) is 3.42. The highest BCUT2D eigenvalue weighted by molar-refractivity contribution is 7.91. The lowest BCUT2D eigenvalue weighted by Gasteiger charge is -2.27. The van der Waals surface area contributed by atoms with E-state index in [1.807, 2.05) is 60.7 Å². The van der Waals surface area contributed by atoms with Crippen LogP contribution >= 0.6 is 0 Å². The highest BCUT2D eigenvalue weighted by Crippen LogP contribution is 2.19. The van der Waals surface area contributed by atoms with Crippen LogP contribution in [-0.4, -0.2) is 43.4 Å². The van der Waals surface area contributed by atoms with Gasteiger partial charge in [0.05, 0.1) is 11.5 Å². The number of anilines is 1. The van der Waals surface area contributed by atoms with Crippen molar-refractivity contribution in [3.63, 3.8) is 0 Å². The lowest BCUT2D eigenvalue weighted by atomic mass is 10.2. The lowest BCUT2D eigenvalue weighted by Crippen LogP contribution is -2.43. The summed E-state index contributed by atoms with van der Waals surface area (Å²) in [6.45, 7) is 0.355. The first-order valence-corrected chi connectivity index (χ1v) is 10.4. The van der Waals surface area contributed by atoms with Crippen LogP contribution < -0.4 is 5.32 Å². The molecule has 136 valence electrons. The van der Waals surface area contributed by atoms with E-state index in [1.165, 1.54) is 0 Å². The minimum absolute atomic E-state index is 0.0222. The van der Waals surface area contributed by atoms with Crippen LogP contribution in [0.2, 0.25) is 0 Å². The zero-order valence-corrected chi connectivity index (χ0v) is 15.2. The molecule has 0 aliphatic carbocycles. The third kappa shape index (κ3) is 4.95. The Bertz CT molecular complexity index is 864. The van der Waals surface area contributed by atoms with Gasteiger partial charge in [0.1, 0.15) is 0 Å². The monoisotopic (exact) mass is 370 g/mol. The number of rotatable bonds is 5. The van der Waals surface area contributed by atoms with E-state index in [9.17, 15) is 13.2 Å². The minimum atomic E-state index is -3.07. The van der Waals surface area contributed by atoms with Crippen LogP contribution in [0.15, 0.2) is 66.7 Å². The first-order valence-electron chi connectivity index (χ1n) is 8.58. The normalized spacial score (nSPS) is 18.7. The molecule has 1 heterocycles. The number of para-hydroxylation sites is 1. The van der Waals surface area contributed by atoms with Crippen LogP contribution in [0.1, 0.15) is 12.0 Å². The second-order valence-corrected chi connectivity index (χ2v) is 8.55. The number of sulfone groups is 1. The molecule has 1 saturated heterocycles. The fraction of sp³-hybridized carbons (Fsp3) is 0.250. The van der Waals surface area contributed by atoms with Crippen molar-refractivity contribution in [3.8, 4) is 0 Å². The highest BCUT2D eigenvalue weighted by Gasteiger charge is 2.34. The Labute approximate surface area is 154 Å². The Morgan fingerprint density at radius 1 is 1.08 bits per heavy atom. The van der Waals surface area contributed by atoms with Gasteiger partial charge >= 0.3 is 6.03 Å². The molecular weight excluding hydrogens is 348 g/mol. The number of hydrogen-bond donors (Lipinski definition) is 1. The largest absolute Gasteiger partial charge is 0.322 e. The molecule has 26 heavy (non-hydrogen) atoms. The van der Waals surface area contributed by atoms with E-state index in [0.717, 1.165) is 5.56 Å². The Morgan fingerprint density at radius 2 is 1.73 bits per heavy atom. The molecule has 0 bridgehead atoms. The van der Waals surface area contributed by atoms with E-state index in [-0.39, 0.29) is 23.6 Å². The highest BCUT2D eigenvalue weighted by atomic mass is 32.2. The molecule has 3 rings (SSSR count). The number of urea groups is 1. The molecule has 1 aliphatic rings. The second kappa shape index (κ2) is 8.19. The molecule has 5 nitrogen and oxygen atoms in total. The van der Waals surface area contributed by atoms with E-state index in [2.05, 4.69) is 5.32 Å². The van der Waals surface area contributed by atoms with Crippen molar-refractivity contribution in [1.82, 2.24) is 4.90 Å². The number of carbonyl (C=O) groups is 1. The summed E-state index contributed by atoms with van der Waals surface area (Å²) in [4.78, 5) is 14.3. The summed E-state index contributed by atoms with van der Waals surface area (Å²) < 4.78 is 23.7. The maximum absolute atomic E-state index is 12.7. The van der Waals surface area contributed by atoms with Crippen LogP contribution in [0.25, 0.3) is 6.08 Å². The Hall–Kier alpha value is -2.60. The van der Waals surface area contributed by atoms with Crippen LogP contribution in [0.5, 0.6) is 0 Å². The van der Waals surface area contributed by atoms with Gasteiger partial charge in [-0.05, 0) is 24.1 Å². The first kappa shape index (κ1) is 18.2. The molecule has 0 spiro atoms. The van der Waals surface area contributed by atoms with Crippen LogP contribution in [-0.2, 0) is 9.84 Å². The molecular formula is C20H22N2O3S. The summed E-state index contributed by atoms with van der Waals surface area (Å²) in [6, 6.07) is 18.4. The minimum Gasteiger partial charge on any atom is -0.317 e. The van der Waals surface area contributed by atoms with Crippen LogP contribution in [0, 0.1) is 0 Å². The zero-order valence-electron chi connectivity index (χ0n) is 14.4. The summed E-state index contributed by atoms with van der Waals surface area (Å²) in [7, 11) is -3.07. The molecule has 1 aliphatic heterocycles. The summed E-state index contributed by atoms with van der Waals surface area (Å²) in [5, 5.41) is 2.85. The van der Waals surface area contributed by atoms with Gasteiger partial charge in [0, 0.05) is 18.3 Å². The van der Waals surface area contributed by atoms with Crippen LogP contribution in [0.3, 0.4) is 0 Å². The zero-order chi connectivity index (χ0) is 18.4. The Morgan fingerprint density at radius 3 is 2.35 bits per heavy atom. The van der Waals surface area contributed by atoms with Crippen molar-refractivity contribution in [2.24, 2.45) is 0 Å². The van der Waals surface area contributed by atoms with Gasteiger partial charge in [-0.1, -0.05) is 60.7 Å². The van der Waals surface area contributed by atoms with Gasteiger partial charge < -0.3 is 10.2 Å². The summed E-state index contributed by atoms with van der Waals surface area (Å²) in [5.41, 5.74) is 1.73. The summed E-state index contributed by atoms with van der Waals surface area (Å²) in [6.07, 6.45) is 4.31. The average Bonchev–Trinajstić information content (AvgIpc) is 3.00. The molecule has 0 radical (unpaired) electrons. The molecule has 1 N–H and O–H groups in total. The van der Waals surface area contributed by atoms with Gasteiger partial charge in [-0.15, -0.1) is 0 Å². The Balaban J connectivity index is 1.73. The standard InChI is InChI=1S/C20H22N2O3S/c23-20(21-18-11-5-2-6-12-18)22(19-13-15-26(24,25)16-19)14-7-10-17-8-3-1-4-9-17/h1-12,19H,13-16H2,(H,21,23)/b10-7+/t19-/m1/s1. The second-order valence-electron chi connectivity index (χ2n) is 6.32. The van der Waals surface area contributed by atoms with E-state index >= 15 is 0 Å². The van der Waals surface area contributed by atoms with E-state index in [4.69, 9.17) is 0 Å². The quantitative estimate of drug-likeness (QED) is 0.877. The molecule has 0 saturated carbocycles. The van der Waals surface area contributed by atoms with Crippen molar-refractivity contribution in [3.05, 3.63) is 72.3 Å². The van der Waals surface area contributed by atoms with Gasteiger partial charge in [-0.25, -0.2) is 13.2 Å². The molecule has 1 atom stereocenters. The fourth-order valence-corrected chi connectivity index (χ4v) is 4.73. The molecule has 0 aromatic heterocycles. The number of amides is 2. The van der Waals surface area contributed by atoms with Crippen molar-refractivity contribution >= 4 is 27.6 Å². The topological polar surface area (TPSA) is 66.5 Å². The number of nitrogens with one attached hydrogen (secondary N) is 1. The summed E-state index contributed by atoms with van der Waals surface area (Å²) in [5.74, 6) is 0.156. The van der Waals surface area contributed by atoms with Gasteiger partial charge in [-0.3, -0.25) is 0 Å². The first-order chi connectivity index (χ1) is 12.5. The van der Waals surface area contributed by atoms with Gasteiger partial charge in [0.15, 0.2) is 9.84 Å². The maximum Gasteiger partial charge on any atom is 0.322 e. The van der Waals surface area contributed by atoms with Gasteiger partial charge in [-0.2, -0.15) is 0 Å². The van der Waals surface area contributed by atoms with Gasteiger partial charge in [0.25, 0.3) is 0 Å². The molecule has 2 aromatic rings. The summed E-state index contributed by atoms with van der Waals surface area (Å²) >= 11 is 0. The fourth-order valence-electron chi connectivity index (χ4n) is 3.00. The molecule has 2 aromatic carbocycles. The average molecular weight is 370 g/mol. The van der Waals surface area contributed by atoms with Crippen molar-refractivity contribution in [2.75, 3.05) is 23.4 Å². The predicted molar refractivity (Wildman–Crippen MR) is 105 cm³/mol. The smallest absolute Gasteiger partial charge is 0.317 e. The lowest BCUT2D eigenvalue weighted by molar-refractivity contribution is 0.201. The maximum atomic E-state index is 12.7. The van der Waals surface area contributed by atoms with E-state index < -0.39 is 9.84 Å². The van der Waals surface area contributed by atoms with Crippen molar-refractivity contribution in [2.45, 2.75) is 12.5 Å². The Kier molecular flexibility index (Phi) is 5.73. The van der Waals surface area contributed by atoms with Crippen LogP contribution in [0.4, 0.5) is 10.5 Å². The SMILES string of the molecule is O=C(Nc1ccccc1)N(C/C=C/c1ccccc1)[C@@H]1CCS(=O)(=O)C1. The number of nitrogens with zero attached hydrogens (tertiary/aromatic N) is 1. The van der Waals surface area contributed by atoms with E-state index in [1.54, 1.807) is 17.0 Å². The molecule has 0 unspecified atom stereocenters. The van der Waals surface area contributed by atoms with Crippen molar-refractivity contribution in [1.29, 1.82) is 0 Å². The van der Waals surface area contributed by atoms with E-state index in [0.29, 0.717) is 18.7 Å². The van der Waals surface area contributed by atoms with Gasteiger partial charge in [0.2, 0.25) is 0 Å². The third-order valence-corrected chi connectivity index (χ3v) is 6.10. The third-order valence-electron chi connectivity index (χ3n) is 4.35. The number of carbonyl (C=O) groups excluding carboxylic acids is 1.